The first-order valence-corrected chi connectivity index (χ1v) is 6.01. The van der Waals surface area contributed by atoms with Gasteiger partial charge in [0, 0.05) is 19.2 Å². The number of hydrogen-bond donors (Lipinski definition) is 1. The number of hydrogen-bond acceptors (Lipinski definition) is 3. The number of carbonyl (C=O) groups is 1. The number of ether oxygens (including phenoxy) is 1. The molecule has 3 atom stereocenters. The number of likely N-dealkylation sites (tertiary alicyclic amines) is 1. The Labute approximate surface area is 96.6 Å². The molecule has 2 bridgehead atoms. The molecular formula is C12H21NO3. The molecule has 2 aliphatic rings. The fourth-order valence-electron chi connectivity index (χ4n) is 2.83. The Kier molecular flexibility index (Phi) is 2.86. The number of rotatable bonds is 1. The molecule has 4 heteroatoms. The molecule has 2 rings (SSSR count). The third-order valence-electron chi connectivity index (χ3n) is 3.55. The Hall–Kier alpha value is -0.770. The maximum atomic E-state index is 11.9. The van der Waals surface area contributed by atoms with E-state index in [9.17, 15) is 4.79 Å². The topological polar surface area (TPSA) is 49.8 Å². The molecule has 1 N–H and O–H groups in total. The van der Waals surface area contributed by atoms with Crippen LogP contribution in [0.2, 0.25) is 0 Å². The smallest absolute Gasteiger partial charge is 0.410 e. The second-order valence-electron chi connectivity index (χ2n) is 5.96. The molecular weight excluding hydrogens is 206 g/mol. The Morgan fingerprint density at radius 1 is 1.44 bits per heavy atom. The van der Waals surface area contributed by atoms with Gasteiger partial charge in [0.2, 0.25) is 0 Å². The first-order chi connectivity index (χ1) is 7.40. The van der Waals surface area contributed by atoms with E-state index in [4.69, 9.17) is 9.84 Å². The fourth-order valence-corrected chi connectivity index (χ4v) is 2.83. The van der Waals surface area contributed by atoms with Crippen LogP contribution in [0.5, 0.6) is 0 Å². The van der Waals surface area contributed by atoms with Crippen molar-refractivity contribution in [1.82, 2.24) is 4.90 Å². The van der Waals surface area contributed by atoms with Crippen molar-refractivity contribution in [2.24, 2.45) is 11.8 Å². The van der Waals surface area contributed by atoms with E-state index in [1.165, 1.54) is 0 Å². The number of aliphatic hydroxyl groups is 1. The average Bonchev–Trinajstić information content (AvgIpc) is 2.72. The van der Waals surface area contributed by atoms with Gasteiger partial charge in [0.25, 0.3) is 0 Å². The van der Waals surface area contributed by atoms with E-state index in [1.54, 1.807) is 0 Å². The van der Waals surface area contributed by atoms with Gasteiger partial charge in [-0.3, -0.25) is 0 Å². The van der Waals surface area contributed by atoms with E-state index in [-0.39, 0.29) is 18.7 Å². The van der Waals surface area contributed by atoms with Crippen LogP contribution in [0, 0.1) is 11.8 Å². The molecule has 0 aromatic heterocycles. The highest BCUT2D eigenvalue weighted by molar-refractivity contribution is 5.69. The lowest BCUT2D eigenvalue weighted by molar-refractivity contribution is 0.0137. The molecule has 1 aliphatic heterocycles. The van der Waals surface area contributed by atoms with Crippen LogP contribution in [0.3, 0.4) is 0 Å². The zero-order valence-electron chi connectivity index (χ0n) is 10.3. The van der Waals surface area contributed by atoms with E-state index in [0.717, 1.165) is 19.4 Å². The lowest BCUT2D eigenvalue weighted by Gasteiger charge is -2.32. The summed E-state index contributed by atoms with van der Waals surface area (Å²) in [5.74, 6) is 0.867. The lowest BCUT2D eigenvalue weighted by Crippen LogP contribution is -2.43. The Bertz CT molecular complexity index is 284. The van der Waals surface area contributed by atoms with Crippen LogP contribution in [0.1, 0.15) is 33.6 Å². The molecule has 1 aliphatic carbocycles. The van der Waals surface area contributed by atoms with Gasteiger partial charge in [-0.1, -0.05) is 0 Å². The molecule has 1 saturated heterocycles. The minimum Gasteiger partial charge on any atom is -0.444 e. The zero-order valence-corrected chi connectivity index (χ0v) is 10.3. The van der Waals surface area contributed by atoms with Crippen LogP contribution in [0.4, 0.5) is 4.79 Å². The summed E-state index contributed by atoms with van der Waals surface area (Å²) in [7, 11) is 0. The van der Waals surface area contributed by atoms with Crippen LogP contribution in [0.25, 0.3) is 0 Å². The number of carbonyl (C=O) groups excluding carboxylic acids is 1. The van der Waals surface area contributed by atoms with Gasteiger partial charge >= 0.3 is 6.09 Å². The first kappa shape index (κ1) is 11.7. The highest BCUT2D eigenvalue weighted by Crippen LogP contribution is 2.42. The van der Waals surface area contributed by atoms with Crippen molar-refractivity contribution in [3.63, 3.8) is 0 Å². The van der Waals surface area contributed by atoms with Crippen molar-refractivity contribution in [2.75, 3.05) is 13.2 Å². The van der Waals surface area contributed by atoms with E-state index in [0.29, 0.717) is 11.8 Å². The minimum absolute atomic E-state index is 0.198. The van der Waals surface area contributed by atoms with Crippen LogP contribution in [-0.4, -0.2) is 40.9 Å². The highest BCUT2D eigenvalue weighted by Gasteiger charge is 2.47. The molecule has 92 valence electrons. The number of nitrogens with zero attached hydrogens (tertiary/aromatic N) is 1. The summed E-state index contributed by atoms with van der Waals surface area (Å²) >= 11 is 0. The second-order valence-corrected chi connectivity index (χ2v) is 5.96. The van der Waals surface area contributed by atoms with Crippen molar-refractivity contribution in [3.8, 4) is 0 Å². The van der Waals surface area contributed by atoms with Gasteiger partial charge in [-0.15, -0.1) is 0 Å². The van der Waals surface area contributed by atoms with E-state index >= 15 is 0 Å². The van der Waals surface area contributed by atoms with Crippen molar-refractivity contribution in [2.45, 2.75) is 45.3 Å². The molecule has 0 aromatic rings. The number of fused-ring (bicyclic) bond motifs is 2. The van der Waals surface area contributed by atoms with Gasteiger partial charge in [0.05, 0.1) is 0 Å². The fraction of sp³-hybridized carbons (Fsp3) is 0.917. The van der Waals surface area contributed by atoms with Gasteiger partial charge in [0.1, 0.15) is 5.60 Å². The van der Waals surface area contributed by atoms with Crippen LogP contribution >= 0.6 is 0 Å². The molecule has 0 aromatic carbocycles. The third kappa shape index (κ3) is 2.17. The maximum Gasteiger partial charge on any atom is 0.410 e. The summed E-state index contributed by atoms with van der Waals surface area (Å²) in [5.41, 5.74) is -0.421. The largest absolute Gasteiger partial charge is 0.444 e. The quantitative estimate of drug-likeness (QED) is 0.740. The highest BCUT2D eigenvalue weighted by atomic mass is 16.6. The summed E-state index contributed by atoms with van der Waals surface area (Å²) in [4.78, 5) is 13.7. The molecule has 16 heavy (non-hydrogen) atoms. The van der Waals surface area contributed by atoms with Gasteiger partial charge in [-0.2, -0.15) is 0 Å². The van der Waals surface area contributed by atoms with E-state index in [1.807, 2.05) is 25.7 Å². The van der Waals surface area contributed by atoms with Gasteiger partial charge in [-0.05, 0) is 45.4 Å². The molecule has 2 fully saturated rings. The van der Waals surface area contributed by atoms with E-state index < -0.39 is 5.60 Å². The van der Waals surface area contributed by atoms with Crippen molar-refractivity contribution < 1.29 is 14.6 Å². The Morgan fingerprint density at radius 2 is 2.12 bits per heavy atom. The molecule has 4 nitrogen and oxygen atoms in total. The third-order valence-corrected chi connectivity index (χ3v) is 3.55. The zero-order chi connectivity index (χ0) is 11.9. The van der Waals surface area contributed by atoms with Crippen molar-refractivity contribution in [3.05, 3.63) is 0 Å². The lowest BCUT2D eigenvalue weighted by atomic mass is 9.96. The summed E-state index contributed by atoms with van der Waals surface area (Å²) in [5, 5.41) is 9.16. The summed E-state index contributed by atoms with van der Waals surface area (Å²) in [6.45, 7) is 6.66. The van der Waals surface area contributed by atoms with Crippen LogP contribution in [-0.2, 0) is 4.74 Å². The SMILES string of the molecule is CC(C)(C)OC(=O)N1C[C@@H]2C[C@H]1C[C@H]2CO. The summed E-state index contributed by atoms with van der Waals surface area (Å²) < 4.78 is 5.37. The average molecular weight is 227 g/mol. The Morgan fingerprint density at radius 3 is 2.56 bits per heavy atom. The van der Waals surface area contributed by atoms with Crippen LogP contribution < -0.4 is 0 Å². The van der Waals surface area contributed by atoms with Crippen molar-refractivity contribution >= 4 is 6.09 Å². The van der Waals surface area contributed by atoms with Gasteiger partial charge in [0.15, 0.2) is 0 Å². The van der Waals surface area contributed by atoms with Gasteiger partial charge < -0.3 is 14.7 Å². The molecule has 0 unspecified atom stereocenters. The maximum absolute atomic E-state index is 11.9. The first-order valence-electron chi connectivity index (χ1n) is 6.01. The summed E-state index contributed by atoms with van der Waals surface area (Å²) in [6, 6.07) is 0.289. The van der Waals surface area contributed by atoms with Crippen molar-refractivity contribution in [1.29, 1.82) is 0 Å². The number of aliphatic hydroxyl groups excluding tert-OH is 1. The minimum atomic E-state index is -0.421. The van der Waals surface area contributed by atoms with Gasteiger partial charge in [-0.25, -0.2) is 4.79 Å². The predicted molar refractivity (Wildman–Crippen MR) is 60.0 cm³/mol. The molecule has 0 radical (unpaired) electrons. The Balaban J connectivity index is 1.93. The van der Waals surface area contributed by atoms with E-state index in [2.05, 4.69) is 0 Å². The number of amides is 1. The second kappa shape index (κ2) is 3.91. The summed E-state index contributed by atoms with van der Waals surface area (Å²) in [6.07, 6.45) is 1.77. The normalized spacial score (nSPS) is 33.2. The monoisotopic (exact) mass is 227 g/mol. The molecule has 1 saturated carbocycles. The number of piperidine rings is 1. The standard InChI is InChI=1S/C12H21NO3/c1-12(2,3)16-11(15)13-6-8-4-10(13)5-9(8)7-14/h8-10,14H,4-7H2,1-3H3/t8-,9-,10-/m0/s1. The molecule has 1 amide bonds. The molecule has 0 spiro atoms. The predicted octanol–water partition coefficient (Wildman–Crippen LogP) is 1.62. The van der Waals surface area contributed by atoms with Crippen LogP contribution in [0.15, 0.2) is 0 Å². The molecule has 1 heterocycles.